The van der Waals surface area contributed by atoms with Gasteiger partial charge < -0.3 is 15.7 Å². The number of carbonyl (C=O) groups excluding carboxylic acids is 1. The number of hydrogen-bond acceptors (Lipinski definition) is 3. The molecule has 0 aliphatic rings. The summed E-state index contributed by atoms with van der Waals surface area (Å²) in [7, 11) is 0. The van der Waals surface area contributed by atoms with Crippen molar-refractivity contribution in [2.75, 3.05) is 6.54 Å². The Labute approximate surface area is 128 Å². The molecule has 1 aromatic carbocycles. The van der Waals surface area contributed by atoms with Gasteiger partial charge in [-0.15, -0.1) is 0 Å². The molecule has 1 unspecified atom stereocenters. The zero-order valence-corrected chi connectivity index (χ0v) is 12.2. The van der Waals surface area contributed by atoms with Crippen molar-refractivity contribution >= 4 is 12.0 Å². The molecule has 3 N–H and O–H groups in total. The van der Waals surface area contributed by atoms with Crippen LogP contribution in [0.4, 0.5) is 4.79 Å². The molecule has 0 aliphatic heterocycles. The lowest BCUT2D eigenvalue weighted by molar-refractivity contribution is -0.136. The number of hydrogen-bond donors (Lipinski definition) is 3. The molecule has 7 heteroatoms. The number of carbonyl (C=O) groups is 2. The summed E-state index contributed by atoms with van der Waals surface area (Å²) in [4.78, 5) is 22.2. The molecule has 0 aliphatic carbocycles. The molecule has 116 valence electrons. The molecule has 0 bridgehead atoms. The van der Waals surface area contributed by atoms with E-state index in [0.717, 1.165) is 11.3 Å². The minimum Gasteiger partial charge on any atom is -0.481 e. The maximum Gasteiger partial charge on any atom is 0.315 e. The van der Waals surface area contributed by atoms with Gasteiger partial charge in [0.05, 0.1) is 18.2 Å². The van der Waals surface area contributed by atoms with Crippen LogP contribution in [0.3, 0.4) is 0 Å². The first kappa shape index (κ1) is 15.6. The van der Waals surface area contributed by atoms with Crippen molar-refractivity contribution in [3.63, 3.8) is 0 Å². The van der Waals surface area contributed by atoms with Crippen LogP contribution < -0.4 is 10.6 Å². The summed E-state index contributed by atoms with van der Waals surface area (Å²) < 4.78 is 1.73. The number of rotatable bonds is 6. The zero-order chi connectivity index (χ0) is 15.9. The van der Waals surface area contributed by atoms with Crippen LogP contribution in [0.5, 0.6) is 0 Å². The number of nitrogens with zero attached hydrogens (tertiary/aromatic N) is 2. The fourth-order valence-corrected chi connectivity index (χ4v) is 2.08. The molecule has 1 heterocycles. The van der Waals surface area contributed by atoms with Gasteiger partial charge in [-0.3, -0.25) is 4.79 Å². The van der Waals surface area contributed by atoms with Gasteiger partial charge in [-0.05, 0) is 24.6 Å². The minimum absolute atomic E-state index is 0.0920. The lowest BCUT2D eigenvalue weighted by atomic mass is 10.1. The third kappa shape index (κ3) is 4.08. The highest BCUT2D eigenvalue weighted by Crippen LogP contribution is 2.20. The van der Waals surface area contributed by atoms with Crippen LogP contribution in [0.15, 0.2) is 42.7 Å². The second-order valence-corrected chi connectivity index (χ2v) is 4.78. The quantitative estimate of drug-likeness (QED) is 0.756. The van der Waals surface area contributed by atoms with Gasteiger partial charge >= 0.3 is 12.0 Å². The number of benzene rings is 1. The molecule has 2 amide bonds. The summed E-state index contributed by atoms with van der Waals surface area (Å²) in [5, 5.41) is 18.1. The minimum atomic E-state index is -0.947. The highest BCUT2D eigenvalue weighted by atomic mass is 16.4. The third-order valence-corrected chi connectivity index (χ3v) is 3.13. The predicted octanol–water partition coefficient (Wildman–Crippen LogP) is 1.71. The van der Waals surface area contributed by atoms with E-state index in [1.807, 2.05) is 43.5 Å². The largest absolute Gasteiger partial charge is 0.481 e. The Balaban J connectivity index is 2.02. The molecule has 1 atom stereocenters. The van der Waals surface area contributed by atoms with E-state index in [4.69, 9.17) is 5.11 Å². The van der Waals surface area contributed by atoms with E-state index >= 15 is 0 Å². The first-order valence-electron chi connectivity index (χ1n) is 6.93. The van der Waals surface area contributed by atoms with Gasteiger partial charge in [-0.1, -0.05) is 18.2 Å². The SMILES string of the molecule is CC(NC(=O)NCCC(=O)O)c1ccccc1-n1cccn1. The summed E-state index contributed by atoms with van der Waals surface area (Å²) in [6.07, 6.45) is 3.41. The molecule has 22 heavy (non-hydrogen) atoms. The first-order chi connectivity index (χ1) is 10.6. The van der Waals surface area contributed by atoms with E-state index in [-0.39, 0.29) is 19.0 Å². The van der Waals surface area contributed by atoms with Crippen LogP contribution in [0.1, 0.15) is 24.9 Å². The Morgan fingerprint density at radius 3 is 2.77 bits per heavy atom. The lowest BCUT2D eigenvalue weighted by Gasteiger charge is -2.18. The number of aliphatic carboxylic acids is 1. The van der Waals surface area contributed by atoms with E-state index in [1.54, 1.807) is 10.9 Å². The van der Waals surface area contributed by atoms with Crippen molar-refractivity contribution in [2.24, 2.45) is 0 Å². The van der Waals surface area contributed by atoms with Gasteiger partial charge in [0.2, 0.25) is 0 Å². The summed E-state index contributed by atoms with van der Waals surface area (Å²) >= 11 is 0. The molecule has 7 nitrogen and oxygen atoms in total. The van der Waals surface area contributed by atoms with Gasteiger partial charge in [0.15, 0.2) is 0 Å². The van der Waals surface area contributed by atoms with Crippen molar-refractivity contribution in [1.82, 2.24) is 20.4 Å². The second kappa shape index (κ2) is 7.26. The molecule has 1 aromatic heterocycles. The van der Waals surface area contributed by atoms with Gasteiger partial charge in [-0.2, -0.15) is 5.10 Å². The molecule has 0 saturated carbocycles. The monoisotopic (exact) mass is 302 g/mol. The molecular weight excluding hydrogens is 284 g/mol. The van der Waals surface area contributed by atoms with Crippen LogP contribution in [-0.2, 0) is 4.79 Å². The Morgan fingerprint density at radius 1 is 1.32 bits per heavy atom. The second-order valence-electron chi connectivity index (χ2n) is 4.78. The smallest absolute Gasteiger partial charge is 0.315 e. The lowest BCUT2D eigenvalue weighted by Crippen LogP contribution is -2.38. The van der Waals surface area contributed by atoms with Crippen molar-refractivity contribution in [2.45, 2.75) is 19.4 Å². The molecule has 0 radical (unpaired) electrons. The summed E-state index contributed by atoms with van der Waals surface area (Å²) in [6, 6.07) is 8.81. The maximum atomic E-state index is 11.8. The Kier molecular flexibility index (Phi) is 5.13. The number of urea groups is 1. The van der Waals surface area contributed by atoms with Gasteiger partial charge in [-0.25, -0.2) is 9.48 Å². The zero-order valence-electron chi connectivity index (χ0n) is 12.2. The summed E-state index contributed by atoms with van der Waals surface area (Å²) in [5.74, 6) is -0.947. The van der Waals surface area contributed by atoms with Crippen molar-refractivity contribution in [3.8, 4) is 5.69 Å². The number of amides is 2. The maximum absolute atomic E-state index is 11.8. The van der Waals surface area contributed by atoms with Crippen molar-refractivity contribution in [3.05, 3.63) is 48.3 Å². The van der Waals surface area contributed by atoms with E-state index in [0.29, 0.717) is 0 Å². The number of carboxylic acids is 1. The van der Waals surface area contributed by atoms with E-state index < -0.39 is 12.0 Å². The fraction of sp³-hybridized carbons (Fsp3) is 0.267. The van der Waals surface area contributed by atoms with E-state index in [9.17, 15) is 9.59 Å². The number of aromatic nitrogens is 2. The van der Waals surface area contributed by atoms with Crippen LogP contribution in [0, 0.1) is 0 Å². The first-order valence-corrected chi connectivity index (χ1v) is 6.93. The topological polar surface area (TPSA) is 96.3 Å². The van der Waals surface area contributed by atoms with Crippen molar-refractivity contribution in [1.29, 1.82) is 0 Å². The highest BCUT2D eigenvalue weighted by molar-refractivity contribution is 5.75. The van der Waals surface area contributed by atoms with Crippen LogP contribution in [0.25, 0.3) is 5.69 Å². The van der Waals surface area contributed by atoms with Gasteiger partial charge in [0, 0.05) is 18.9 Å². The van der Waals surface area contributed by atoms with Crippen LogP contribution in [-0.4, -0.2) is 33.4 Å². The molecule has 0 saturated heterocycles. The van der Waals surface area contributed by atoms with Crippen molar-refractivity contribution < 1.29 is 14.7 Å². The van der Waals surface area contributed by atoms with Crippen LogP contribution >= 0.6 is 0 Å². The van der Waals surface area contributed by atoms with E-state index in [1.165, 1.54) is 0 Å². The number of nitrogens with one attached hydrogen (secondary N) is 2. The van der Waals surface area contributed by atoms with Crippen LogP contribution in [0.2, 0.25) is 0 Å². The average Bonchev–Trinajstić information content (AvgIpc) is 3.00. The van der Waals surface area contributed by atoms with E-state index in [2.05, 4.69) is 15.7 Å². The molecule has 2 aromatic rings. The highest BCUT2D eigenvalue weighted by Gasteiger charge is 2.14. The van der Waals surface area contributed by atoms with Gasteiger partial charge in [0.25, 0.3) is 0 Å². The average molecular weight is 302 g/mol. The molecule has 0 fully saturated rings. The standard InChI is InChI=1S/C15H18N4O3/c1-11(18-15(22)16-9-7-14(20)21)12-5-2-3-6-13(12)19-10-4-8-17-19/h2-6,8,10-11H,7,9H2,1H3,(H,20,21)(H2,16,18,22). The normalized spacial score (nSPS) is 11.7. The summed E-state index contributed by atoms with van der Waals surface area (Å²) in [5.41, 5.74) is 1.80. The Morgan fingerprint density at radius 2 is 2.09 bits per heavy atom. The number of para-hydroxylation sites is 1. The Bertz CT molecular complexity index is 640. The predicted molar refractivity (Wildman–Crippen MR) is 80.8 cm³/mol. The third-order valence-electron chi connectivity index (χ3n) is 3.13. The number of carboxylic acid groups (broad SMARTS) is 1. The summed E-state index contributed by atoms with van der Waals surface area (Å²) in [6.45, 7) is 1.95. The molecule has 2 rings (SSSR count). The Hall–Kier alpha value is -2.83. The van der Waals surface area contributed by atoms with Gasteiger partial charge in [0.1, 0.15) is 0 Å². The molecular formula is C15H18N4O3. The fourth-order valence-electron chi connectivity index (χ4n) is 2.08. The molecule has 0 spiro atoms.